The Morgan fingerprint density at radius 2 is 1.84 bits per heavy atom. The number of hydrogen-bond donors (Lipinski definition) is 0. The fourth-order valence-electron chi connectivity index (χ4n) is 6.46. The van der Waals surface area contributed by atoms with Crippen molar-refractivity contribution in [3.8, 4) is 34.0 Å². The van der Waals surface area contributed by atoms with E-state index in [1.54, 1.807) is 29.4 Å². The number of amides is 1. The second-order valence-electron chi connectivity index (χ2n) is 12.8. The molecule has 45 heavy (non-hydrogen) atoms. The van der Waals surface area contributed by atoms with E-state index < -0.39 is 35.9 Å². The average Bonchev–Trinajstić information content (AvgIpc) is 3.78. The van der Waals surface area contributed by atoms with Gasteiger partial charge in [-0.3, -0.25) is 9.88 Å². The molecule has 0 spiro atoms. The molecule has 2 aliphatic heterocycles. The molecule has 1 saturated carbocycles. The number of methoxy groups -OCH3 is 2. The van der Waals surface area contributed by atoms with Crippen molar-refractivity contribution in [1.82, 2.24) is 19.9 Å². The third kappa shape index (κ3) is 6.51. The number of ether oxygens (including phenoxy) is 4. The topological polar surface area (TPSA) is 99.1 Å². The summed E-state index contributed by atoms with van der Waals surface area (Å²) in [4.78, 5) is 29.9. The van der Waals surface area contributed by atoms with Crippen LogP contribution >= 0.6 is 0 Å². The SMILES string of the molecule is COCOc1cc(-c2cc(F)nc(OC)c2)ccc1-c1cnc(N(C2CC2)[C@H]2C[C@@H]3CC[C@H]([C@H]2F)N3C(=O)OC(C)(C)C)cn1. The highest BCUT2D eigenvalue weighted by Crippen LogP contribution is 2.44. The minimum absolute atomic E-state index is 0.00628. The van der Waals surface area contributed by atoms with Gasteiger partial charge in [-0.2, -0.15) is 9.37 Å². The monoisotopic (exact) mass is 623 g/mol. The molecule has 1 amide bonds. The van der Waals surface area contributed by atoms with Gasteiger partial charge in [0, 0.05) is 36.9 Å². The van der Waals surface area contributed by atoms with Gasteiger partial charge in [-0.15, -0.1) is 0 Å². The molecule has 0 N–H and O–H groups in total. The summed E-state index contributed by atoms with van der Waals surface area (Å²) in [5.41, 5.74) is 1.84. The van der Waals surface area contributed by atoms with Gasteiger partial charge >= 0.3 is 6.09 Å². The zero-order valence-electron chi connectivity index (χ0n) is 26.2. The van der Waals surface area contributed by atoms with Crippen LogP contribution in [-0.2, 0) is 9.47 Å². The molecule has 1 aromatic carbocycles. The Morgan fingerprint density at radius 3 is 2.51 bits per heavy atom. The summed E-state index contributed by atoms with van der Waals surface area (Å²) in [5, 5.41) is 0. The summed E-state index contributed by atoms with van der Waals surface area (Å²) in [5.74, 6) is 0.582. The van der Waals surface area contributed by atoms with Gasteiger partial charge in [0.1, 0.15) is 23.3 Å². The number of piperidine rings is 1. The molecule has 4 heterocycles. The first-order chi connectivity index (χ1) is 21.6. The maximum Gasteiger partial charge on any atom is 0.410 e. The van der Waals surface area contributed by atoms with Crippen LogP contribution in [0.15, 0.2) is 42.7 Å². The first-order valence-electron chi connectivity index (χ1n) is 15.3. The van der Waals surface area contributed by atoms with E-state index in [1.165, 1.54) is 20.3 Å². The lowest BCUT2D eigenvalue weighted by Crippen LogP contribution is -2.60. The summed E-state index contributed by atoms with van der Waals surface area (Å²) in [6.07, 6.45) is 5.44. The lowest BCUT2D eigenvalue weighted by Gasteiger charge is -2.45. The second-order valence-corrected chi connectivity index (χ2v) is 12.8. The smallest absolute Gasteiger partial charge is 0.410 e. The molecule has 2 aromatic heterocycles. The number of carbonyl (C=O) groups is 1. The van der Waals surface area contributed by atoms with Crippen LogP contribution in [0.1, 0.15) is 52.9 Å². The van der Waals surface area contributed by atoms with Crippen molar-refractivity contribution in [1.29, 1.82) is 0 Å². The second kappa shape index (κ2) is 12.4. The molecule has 2 bridgehead atoms. The van der Waals surface area contributed by atoms with Gasteiger partial charge in [-0.25, -0.2) is 14.2 Å². The third-order valence-corrected chi connectivity index (χ3v) is 8.50. The zero-order valence-corrected chi connectivity index (χ0v) is 26.2. The first kappa shape index (κ1) is 30.9. The Morgan fingerprint density at radius 1 is 1.04 bits per heavy atom. The number of rotatable bonds is 9. The number of anilines is 1. The molecule has 3 aliphatic rings. The van der Waals surface area contributed by atoms with Crippen molar-refractivity contribution in [2.75, 3.05) is 25.9 Å². The number of fused-ring (bicyclic) bond motifs is 2. The fourth-order valence-corrected chi connectivity index (χ4v) is 6.46. The number of hydrogen-bond acceptors (Lipinski definition) is 9. The minimum Gasteiger partial charge on any atom is -0.481 e. The van der Waals surface area contributed by atoms with Gasteiger partial charge in [-0.1, -0.05) is 6.07 Å². The summed E-state index contributed by atoms with van der Waals surface area (Å²) in [6, 6.07) is 7.56. The first-order valence-corrected chi connectivity index (χ1v) is 15.3. The van der Waals surface area contributed by atoms with E-state index in [1.807, 2.05) is 32.9 Å². The maximum absolute atomic E-state index is 16.3. The number of pyridine rings is 1. The molecule has 6 rings (SSSR count). The van der Waals surface area contributed by atoms with E-state index in [2.05, 4.69) is 9.88 Å². The van der Waals surface area contributed by atoms with Crippen LogP contribution in [0.5, 0.6) is 11.6 Å². The summed E-state index contributed by atoms with van der Waals surface area (Å²) < 4.78 is 52.2. The van der Waals surface area contributed by atoms with Crippen LogP contribution in [0.25, 0.3) is 22.4 Å². The van der Waals surface area contributed by atoms with Crippen molar-refractivity contribution in [2.24, 2.45) is 0 Å². The zero-order chi connectivity index (χ0) is 31.9. The van der Waals surface area contributed by atoms with Gasteiger partial charge in [0.25, 0.3) is 0 Å². The van der Waals surface area contributed by atoms with Crippen molar-refractivity contribution in [3.63, 3.8) is 0 Å². The van der Waals surface area contributed by atoms with Gasteiger partial charge in [0.05, 0.1) is 37.3 Å². The van der Waals surface area contributed by atoms with Crippen molar-refractivity contribution < 1.29 is 32.5 Å². The van der Waals surface area contributed by atoms with Gasteiger partial charge in [-0.05, 0) is 76.1 Å². The Balaban J connectivity index is 1.25. The van der Waals surface area contributed by atoms with Gasteiger partial charge in [0.2, 0.25) is 11.8 Å². The van der Waals surface area contributed by atoms with Crippen LogP contribution in [0.2, 0.25) is 0 Å². The lowest BCUT2D eigenvalue weighted by atomic mass is 9.94. The molecule has 0 radical (unpaired) electrons. The highest BCUT2D eigenvalue weighted by atomic mass is 19.1. The molecule has 4 atom stereocenters. The number of alkyl halides is 1. The predicted molar refractivity (Wildman–Crippen MR) is 163 cm³/mol. The predicted octanol–water partition coefficient (Wildman–Crippen LogP) is 6.18. The molecular weight excluding hydrogens is 584 g/mol. The molecule has 12 heteroatoms. The molecule has 0 unspecified atom stereocenters. The molecule has 1 aliphatic carbocycles. The summed E-state index contributed by atoms with van der Waals surface area (Å²) >= 11 is 0. The van der Waals surface area contributed by atoms with Crippen LogP contribution < -0.4 is 14.4 Å². The van der Waals surface area contributed by atoms with E-state index in [-0.39, 0.29) is 24.8 Å². The van der Waals surface area contributed by atoms with E-state index in [0.29, 0.717) is 46.8 Å². The lowest BCUT2D eigenvalue weighted by molar-refractivity contribution is -0.0108. The maximum atomic E-state index is 16.3. The molecule has 10 nitrogen and oxygen atoms in total. The molecule has 2 saturated heterocycles. The summed E-state index contributed by atoms with van der Waals surface area (Å²) in [6.45, 7) is 5.46. The summed E-state index contributed by atoms with van der Waals surface area (Å²) in [7, 11) is 2.95. The molecule has 3 aromatic rings. The Labute approximate surface area is 261 Å². The van der Waals surface area contributed by atoms with E-state index >= 15 is 4.39 Å². The fraction of sp³-hybridized carbons (Fsp3) is 0.515. The Hall–Kier alpha value is -4.06. The van der Waals surface area contributed by atoms with Gasteiger partial charge < -0.3 is 23.8 Å². The highest BCUT2D eigenvalue weighted by molar-refractivity contribution is 5.75. The van der Waals surface area contributed by atoms with Crippen molar-refractivity contribution in [3.05, 3.63) is 48.7 Å². The molecular formula is C33H39F2N5O5. The number of carbonyl (C=O) groups excluding carboxylic acids is 1. The minimum atomic E-state index is -1.24. The number of halogens is 2. The normalized spacial score (nSPS) is 22.7. The number of aromatic nitrogens is 3. The Bertz CT molecular complexity index is 1530. The van der Waals surface area contributed by atoms with Crippen LogP contribution in [0.4, 0.5) is 19.4 Å². The van der Waals surface area contributed by atoms with Crippen LogP contribution in [0.3, 0.4) is 0 Å². The van der Waals surface area contributed by atoms with E-state index in [9.17, 15) is 9.18 Å². The standard InChI is InChI=1S/C33H39F2N5O5/c1-33(2,3)45-32(41)40-22-9-11-25(40)31(35)26(15-22)39(21-7-8-21)29-17-36-24(16-37-29)23-10-6-19(12-27(23)44-18-42-4)20-13-28(34)38-30(14-20)43-5/h6,10,12-14,16-17,21-22,25-26,31H,7-9,11,15,18H2,1-5H3/t22-,25+,26-,31+/m0/s1. The van der Waals surface area contributed by atoms with Crippen LogP contribution in [0, 0.1) is 5.95 Å². The van der Waals surface area contributed by atoms with E-state index in [4.69, 9.17) is 28.9 Å². The van der Waals surface area contributed by atoms with Crippen molar-refractivity contribution >= 4 is 11.9 Å². The highest BCUT2D eigenvalue weighted by Gasteiger charge is 2.54. The van der Waals surface area contributed by atoms with Crippen LogP contribution in [-0.4, -0.2) is 82.9 Å². The molecule has 3 fully saturated rings. The van der Waals surface area contributed by atoms with Crippen molar-refractivity contribution in [2.45, 2.75) is 88.8 Å². The molecule has 240 valence electrons. The largest absolute Gasteiger partial charge is 0.481 e. The third-order valence-electron chi connectivity index (χ3n) is 8.50. The Kier molecular flexibility index (Phi) is 8.51. The number of benzene rings is 1. The van der Waals surface area contributed by atoms with Gasteiger partial charge in [0.15, 0.2) is 6.79 Å². The average molecular weight is 624 g/mol. The van der Waals surface area contributed by atoms with E-state index in [0.717, 1.165) is 19.3 Å². The number of nitrogens with zero attached hydrogens (tertiary/aromatic N) is 5. The quantitative estimate of drug-likeness (QED) is 0.204.